The lowest BCUT2D eigenvalue weighted by Crippen LogP contribution is -2.11. The van der Waals surface area contributed by atoms with Gasteiger partial charge in [-0.05, 0) is 18.4 Å². The lowest BCUT2D eigenvalue weighted by atomic mass is 9.98. The van der Waals surface area contributed by atoms with E-state index in [4.69, 9.17) is 0 Å². The first-order valence-corrected chi connectivity index (χ1v) is 4.28. The van der Waals surface area contributed by atoms with Crippen LogP contribution >= 0.6 is 0 Å². The molecule has 1 rings (SSSR count). The minimum absolute atomic E-state index is 0.366. The van der Waals surface area contributed by atoms with Gasteiger partial charge in [0.25, 0.3) is 0 Å². The maximum absolute atomic E-state index is 4.24. The van der Waals surface area contributed by atoms with Crippen LogP contribution in [0.4, 0.5) is 0 Å². The van der Waals surface area contributed by atoms with E-state index >= 15 is 0 Å². The third-order valence-electron chi connectivity index (χ3n) is 2.92. The van der Waals surface area contributed by atoms with Gasteiger partial charge in [0.15, 0.2) is 0 Å². The molecular formula is C10H17N. The highest BCUT2D eigenvalue weighted by atomic mass is 14.7. The summed E-state index contributed by atoms with van der Waals surface area (Å²) in [5.74, 6) is 0.846. The van der Waals surface area contributed by atoms with Crippen molar-refractivity contribution < 1.29 is 0 Å². The second-order valence-corrected chi connectivity index (χ2v) is 3.54. The Bertz CT molecular complexity index is 193. The van der Waals surface area contributed by atoms with E-state index in [9.17, 15) is 0 Å². The van der Waals surface area contributed by atoms with Crippen molar-refractivity contribution in [2.45, 2.75) is 26.7 Å². The van der Waals surface area contributed by atoms with Crippen LogP contribution in [-0.4, -0.2) is 12.8 Å². The van der Waals surface area contributed by atoms with E-state index in [1.807, 2.05) is 13.1 Å². The summed E-state index contributed by atoms with van der Waals surface area (Å²) in [5.41, 5.74) is 1.55. The van der Waals surface area contributed by atoms with Crippen molar-refractivity contribution in [3.05, 3.63) is 12.7 Å². The number of hydrogen-bond acceptors (Lipinski definition) is 1. The number of allylic oxidation sites excluding steroid dienone is 1. The van der Waals surface area contributed by atoms with Crippen molar-refractivity contribution in [2.24, 2.45) is 16.3 Å². The third-order valence-corrected chi connectivity index (χ3v) is 2.92. The molecule has 0 heterocycles. The zero-order valence-electron chi connectivity index (χ0n) is 7.72. The van der Waals surface area contributed by atoms with E-state index in [-0.39, 0.29) is 0 Å². The molecule has 0 saturated heterocycles. The van der Waals surface area contributed by atoms with Crippen LogP contribution in [-0.2, 0) is 0 Å². The maximum Gasteiger partial charge on any atom is 0.0400 e. The van der Waals surface area contributed by atoms with Gasteiger partial charge in [-0.15, -0.1) is 0 Å². The SMILES string of the molecule is C=CC(=NC)C1(C)CC1CC. The Kier molecular flexibility index (Phi) is 2.17. The van der Waals surface area contributed by atoms with E-state index < -0.39 is 0 Å². The van der Waals surface area contributed by atoms with E-state index in [2.05, 4.69) is 25.4 Å². The molecule has 0 aromatic heterocycles. The molecule has 0 spiro atoms. The first kappa shape index (κ1) is 8.51. The molecule has 0 radical (unpaired) electrons. The van der Waals surface area contributed by atoms with E-state index in [1.165, 1.54) is 18.6 Å². The minimum Gasteiger partial charge on any atom is -0.293 e. The van der Waals surface area contributed by atoms with Crippen LogP contribution < -0.4 is 0 Å². The number of rotatable bonds is 3. The Morgan fingerprint density at radius 3 is 2.73 bits per heavy atom. The lowest BCUT2D eigenvalue weighted by molar-refractivity contribution is 0.646. The summed E-state index contributed by atoms with van der Waals surface area (Å²) in [6.07, 6.45) is 4.46. The molecule has 2 unspecified atom stereocenters. The second-order valence-electron chi connectivity index (χ2n) is 3.54. The van der Waals surface area contributed by atoms with Crippen molar-refractivity contribution in [1.82, 2.24) is 0 Å². The molecule has 1 fully saturated rings. The van der Waals surface area contributed by atoms with Gasteiger partial charge < -0.3 is 0 Å². The van der Waals surface area contributed by atoms with E-state index in [1.54, 1.807) is 0 Å². The smallest absolute Gasteiger partial charge is 0.0400 e. The molecule has 0 aromatic carbocycles. The summed E-state index contributed by atoms with van der Waals surface area (Å²) in [6, 6.07) is 0. The first-order valence-electron chi connectivity index (χ1n) is 4.28. The summed E-state index contributed by atoms with van der Waals surface area (Å²) in [7, 11) is 1.85. The van der Waals surface area contributed by atoms with Crippen LogP contribution in [0, 0.1) is 11.3 Å². The quantitative estimate of drug-likeness (QED) is 0.550. The normalized spacial score (nSPS) is 37.0. The summed E-state index contributed by atoms with van der Waals surface area (Å²) in [4.78, 5) is 4.24. The Labute approximate surface area is 69.2 Å². The highest BCUT2D eigenvalue weighted by Crippen LogP contribution is 2.55. The summed E-state index contributed by atoms with van der Waals surface area (Å²) in [6.45, 7) is 8.30. The maximum atomic E-state index is 4.24. The van der Waals surface area contributed by atoms with Gasteiger partial charge in [0.2, 0.25) is 0 Å². The molecule has 62 valence electrons. The molecule has 0 aliphatic heterocycles. The van der Waals surface area contributed by atoms with Gasteiger partial charge in [-0.1, -0.05) is 26.8 Å². The molecule has 0 N–H and O–H groups in total. The van der Waals surface area contributed by atoms with Crippen molar-refractivity contribution in [1.29, 1.82) is 0 Å². The Morgan fingerprint density at radius 1 is 1.82 bits per heavy atom. The highest BCUT2D eigenvalue weighted by molar-refractivity contribution is 6.01. The van der Waals surface area contributed by atoms with Gasteiger partial charge in [0.1, 0.15) is 0 Å². The van der Waals surface area contributed by atoms with Gasteiger partial charge in [-0.3, -0.25) is 4.99 Å². The Morgan fingerprint density at radius 2 is 2.45 bits per heavy atom. The average Bonchev–Trinajstić information content (AvgIpc) is 2.65. The Hall–Kier alpha value is -0.590. The zero-order chi connectivity index (χ0) is 8.48. The van der Waals surface area contributed by atoms with Gasteiger partial charge in [-0.25, -0.2) is 0 Å². The molecule has 1 saturated carbocycles. The number of nitrogens with zero attached hydrogens (tertiary/aromatic N) is 1. The van der Waals surface area contributed by atoms with Gasteiger partial charge in [0.05, 0.1) is 0 Å². The monoisotopic (exact) mass is 151 g/mol. The predicted octanol–water partition coefficient (Wildman–Crippen LogP) is 2.68. The van der Waals surface area contributed by atoms with Crippen LogP contribution in [0.2, 0.25) is 0 Å². The lowest BCUT2D eigenvalue weighted by Gasteiger charge is -2.09. The van der Waals surface area contributed by atoms with E-state index in [0.29, 0.717) is 5.41 Å². The van der Waals surface area contributed by atoms with Gasteiger partial charge >= 0.3 is 0 Å². The second kappa shape index (κ2) is 2.80. The molecule has 2 atom stereocenters. The molecule has 1 aliphatic carbocycles. The Balaban J connectivity index is 2.69. The first-order chi connectivity index (χ1) is 5.19. The van der Waals surface area contributed by atoms with Crippen LogP contribution in [0.3, 0.4) is 0 Å². The fraction of sp³-hybridized carbons (Fsp3) is 0.700. The van der Waals surface area contributed by atoms with Crippen molar-refractivity contribution in [3.8, 4) is 0 Å². The molecule has 1 aliphatic rings. The molecule has 0 aromatic rings. The van der Waals surface area contributed by atoms with Crippen LogP contribution in [0.1, 0.15) is 26.7 Å². The minimum atomic E-state index is 0.366. The van der Waals surface area contributed by atoms with Crippen molar-refractivity contribution in [2.75, 3.05) is 7.05 Å². The van der Waals surface area contributed by atoms with Crippen molar-refractivity contribution in [3.63, 3.8) is 0 Å². The molecule has 1 heteroatoms. The summed E-state index contributed by atoms with van der Waals surface area (Å²) >= 11 is 0. The number of aliphatic imine (C=N–C) groups is 1. The molecule has 1 nitrogen and oxygen atoms in total. The van der Waals surface area contributed by atoms with Crippen LogP contribution in [0.25, 0.3) is 0 Å². The predicted molar refractivity (Wildman–Crippen MR) is 50.1 cm³/mol. The fourth-order valence-electron chi connectivity index (χ4n) is 1.94. The third kappa shape index (κ3) is 1.24. The van der Waals surface area contributed by atoms with E-state index in [0.717, 1.165) is 5.92 Å². The molecule has 0 bridgehead atoms. The van der Waals surface area contributed by atoms with Gasteiger partial charge in [0, 0.05) is 18.2 Å². The number of hydrogen-bond donors (Lipinski definition) is 0. The topological polar surface area (TPSA) is 12.4 Å². The zero-order valence-corrected chi connectivity index (χ0v) is 7.72. The van der Waals surface area contributed by atoms with Crippen LogP contribution in [0.15, 0.2) is 17.6 Å². The standard InChI is InChI=1S/C10H17N/c1-5-8-7-10(8,3)9(6-2)11-4/h6,8H,2,5,7H2,1,3-4H3. The highest BCUT2D eigenvalue weighted by Gasteiger charge is 2.51. The summed E-state index contributed by atoms with van der Waals surface area (Å²) < 4.78 is 0. The largest absolute Gasteiger partial charge is 0.293 e. The van der Waals surface area contributed by atoms with Crippen molar-refractivity contribution >= 4 is 5.71 Å². The summed E-state index contributed by atoms with van der Waals surface area (Å²) in [5, 5.41) is 0. The van der Waals surface area contributed by atoms with Gasteiger partial charge in [-0.2, -0.15) is 0 Å². The fourth-order valence-corrected chi connectivity index (χ4v) is 1.94. The molecular weight excluding hydrogens is 134 g/mol. The molecule has 11 heavy (non-hydrogen) atoms. The average molecular weight is 151 g/mol. The molecule has 0 amide bonds. The van der Waals surface area contributed by atoms with Crippen LogP contribution in [0.5, 0.6) is 0 Å².